The van der Waals surface area contributed by atoms with Crippen molar-refractivity contribution in [3.63, 3.8) is 0 Å². The van der Waals surface area contributed by atoms with Gasteiger partial charge in [0.15, 0.2) is 0 Å². The van der Waals surface area contributed by atoms with Crippen molar-refractivity contribution in [3.8, 4) is 0 Å². The maximum absolute atomic E-state index is 3.30. The first-order valence-corrected chi connectivity index (χ1v) is 4.45. The Balaban J connectivity index is 1.96. The van der Waals surface area contributed by atoms with Crippen LogP contribution in [0.15, 0.2) is 18.3 Å². The molecule has 0 aromatic carbocycles. The topological polar surface area (TPSA) is 39.8 Å². The molecule has 12 heavy (non-hydrogen) atoms. The summed E-state index contributed by atoms with van der Waals surface area (Å²) in [4.78, 5) is 3.10. The molecular weight excluding hydrogens is 150 g/mol. The second-order valence-electron chi connectivity index (χ2n) is 2.82. The first kappa shape index (κ1) is 9.13. The number of aromatic amines is 1. The molecule has 3 N–H and O–H groups in total. The minimum atomic E-state index is 1.04. The summed E-state index contributed by atoms with van der Waals surface area (Å²) in [6.45, 7) is 2.15. The summed E-state index contributed by atoms with van der Waals surface area (Å²) in [5.74, 6) is 1.11. The predicted octanol–water partition coefficient (Wildman–Crippen LogP) is 1.43. The number of nitrogens with one attached hydrogen (secondary N) is 3. The molecule has 1 rings (SSSR count). The van der Waals surface area contributed by atoms with Crippen molar-refractivity contribution < 1.29 is 0 Å². The van der Waals surface area contributed by atoms with E-state index >= 15 is 0 Å². The molecule has 1 heterocycles. The highest BCUT2D eigenvalue weighted by Crippen LogP contribution is 2.00. The number of hydrogen-bond donors (Lipinski definition) is 3. The average molecular weight is 167 g/mol. The Labute approximate surface area is 73.6 Å². The minimum Gasteiger partial charge on any atom is -0.372 e. The van der Waals surface area contributed by atoms with Crippen LogP contribution in [0.25, 0.3) is 0 Å². The molecule has 0 aliphatic rings. The molecule has 1 aromatic heterocycles. The van der Waals surface area contributed by atoms with Gasteiger partial charge in [-0.3, -0.25) is 0 Å². The number of anilines is 1. The van der Waals surface area contributed by atoms with Crippen molar-refractivity contribution in [2.75, 3.05) is 25.5 Å². The molecule has 0 saturated carbocycles. The van der Waals surface area contributed by atoms with E-state index in [1.807, 2.05) is 25.4 Å². The van der Waals surface area contributed by atoms with E-state index in [0.717, 1.165) is 18.9 Å². The van der Waals surface area contributed by atoms with Gasteiger partial charge in [0.25, 0.3) is 0 Å². The van der Waals surface area contributed by atoms with Crippen molar-refractivity contribution in [1.29, 1.82) is 0 Å². The second kappa shape index (κ2) is 5.66. The summed E-state index contributed by atoms with van der Waals surface area (Å²) in [7, 11) is 1.98. The molecule has 0 amide bonds. The molecule has 3 nitrogen and oxygen atoms in total. The molecule has 0 aliphatic heterocycles. The lowest BCUT2D eigenvalue weighted by Gasteiger charge is -2.02. The van der Waals surface area contributed by atoms with E-state index in [9.17, 15) is 0 Å². The molecule has 0 atom stereocenters. The SMILES string of the molecule is CNCCCCNc1ccc[nH]1. The lowest BCUT2D eigenvalue weighted by atomic mass is 10.3. The Kier molecular flexibility index (Phi) is 4.31. The van der Waals surface area contributed by atoms with Gasteiger partial charge in [0, 0.05) is 12.7 Å². The summed E-state index contributed by atoms with van der Waals surface area (Å²) in [5.41, 5.74) is 0. The number of rotatable bonds is 6. The largest absolute Gasteiger partial charge is 0.372 e. The van der Waals surface area contributed by atoms with Crippen molar-refractivity contribution in [2.24, 2.45) is 0 Å². The molecule has 3 heteroatoms. The Morgan fingerprint density at radius 2 is 2.17 bits per heavy atom. The van der Waals surface area contributed by atoms with Gasteiger partial charge in [0.05, 0.1) is 0 Å². The molecule has 0 radical (unpaired) electrons. The zero-order valence-corrected chi connectivity index (χ0v) is 7.56. The maximum Gasteiger partial charge on any atom is 0.103 e. The van der Waals surface area contributed by atoms with E-state index in [0.29, 0.717) is 0 Å². The Morgan fingerprint density at radius 1 is 1.33 bits per heavy atom. The van der Waals surface area contributed by atoms with Crippen LogP contribution < -0.4 is 10.6 Å². The number of H-pyrrole nitrogens is 1. The normalized spacial score (nSPS) is 10.1. The molecule has 0 saturated heterocycles. The van der Waals surface area contributed by atoms with E-state index in [2.05, 4.69) is 15.6 Å². The number of unbranched alkanes of at least 4 members (excludes halogenated alkanes) is 1. The van der Waals surface area contributed by atoms with Crippen molar-refractivity contribution in [3.05, 3.63) is 18.3 Å². The zero-order chi connectivity index (χ0) is 8.65. The van der Waals surface area contributed by atoms with Crippen LogP contribution in [0.1, 0.15) is 12.8 Å². The smallest absolute Gasteiger partial charge is 0.103 e. The Hall–Kier alpha value is -0.960. The van der Waals surface area contributed by atoms with E-state index in [1.165, 1.54) is 12.8 Å². The van der Waals surface area contributed by atoms with E-state index < -0.39 is 0 Å². The fraction of sp³-hybridized carbons (Fsp3) is 0.556. The van der Waals surface area contributed by atoms with Crippen LogP contribution in [0.5, 0.6) is 0 Å². The van der Waals surface area contributed by atoms with Gasteiger partial charge in [-0.25, -0.2) is 0 Å². The fourth-order valence-electron chi connectivity index (χ4n) is 1.09. The van der Waals surface area contributed by atoms with Crippen LogP contribution in [0.4, 0.5) is 5.82 Å². The van der Waals surface area contributed by atoms with Crippen molar-refractivity contribution in [1.82, 2.24) is 10.3 Å². The molecule has 0 aliphatic carbocycles. The van der Waals surface area contributed by atoms with Gasteiger partial charge in [-0.1, -0.05) is 0 Å². The van der Waals surface area contributed by atoms with Crippen molar-refractivity contribution in [2.45, 2.75) is 12.8 Å². The van der Waals surface area contributed by atoms with Crippen LogP contribution in [0.2, 0.25) is 0 Å². The Bertz CT molecular complexity index is 182. The summed E-state index contributed by atoms with van der Waals surface area (Å²) in [6.07, 6.45) is 4.36. The van der Waals surface area contributed by atoms with E-state index in [-0.39, 0.29) is 0 Å². The fourth-order valence-corrected chi connectivity index (χ4v) is 1.09. The standard InChI is InChI=1S/C9H17N3/c1-10-6-2-3-7-11-9-5-4-8-12-9/h4-5,8,10-12H,2-3,6-7H2,1H3. The summed E-state index contributed by atoms with van der Waals surface area (Å²) >= 11 is 0. The van der Waals surface area contributed by atoms with Gasteiger partial charge in [-0.15, -0.1) is 0 Å². The summed E-state index contributed by atoms with van der Waals surface area (Å²) < 4.78 is 0. The predicted molar refractivity (Wildman–Crippen MR) is 52.4 cm³/mol. The van der Waals surface area contributed by atoms with Gasteiger partial charge in [-0.2, -0.15) is 0 Å². The van der Waals surface area contributed by atoms with Gasteiger partial charge in [-0.05, 0) is 38.6 Å². The van der Waals surface area contributed by atoms with Crippen LogP contribution in [0, 0.1) is 0 Å². The highest BCUT2D eigenvalue weighted by Gasteiger charge is 1.89. The van der Waals surface area contributed by atoms with Crippen LogP contribution in [-0.4, -0.2) is 25.1 Å². The van der Waals surface area contributed by atoms with E-state index in [1.54, 1.807) is 0 Å². The first-order chi connectivity index (χ1) is 5.93. The molecular formula is C9H17N3. The lowest BCUT2D eigenvalue weighted by molar-refractivity contribution is 0.694. The van der Waals surface area contributed by atoms with Crippen molar-refractivity contribution >= 4 is 5.82 Å². The third kappa shape index (κ3) is 3.44. The molecule has 0 bridgehead atoms. The molecule has 0 fully saturated rings. The molecule has 0 spiro atoms. The van der Waals surface area contributed by atoms with Crippen LogP contribution >= 0.6 is 0 Å². The molecule has 1 aromatic rings. The van der Waals surface area contributed by atoms with E-state index in [4.69, 9.17) is 0 Å². The highest BCUT2D eigenvalue weighted by atomic mass is 15.0. The molecule has 0 unspecified atom stereocenters. The van der Waals surface area contributed by atoms with Gasteiger partial charge >= 0.3 is 0 Å². The van der Waals surface area contributed by atoms with Gasteiger partial charge in [0.1, 0.15) is 5.82 Å². The monoisotopic (exact) mass is 167 g/mol. The number of hydrogen-bond acceptors (Lipinski definition) is 2. The minimum absolute atomic E-state index is 1.04. The maximum atomic E-state index is 3.30. The number of aromatic nitrogens is 1. The van der Waals surface area contributed by atoms with Crippen LogP contribution in [-0.2, 0) is 0 Å². The zero-order valence-electron chi connectivity index (χ0n) is 7.56. The third-order valence-corrected chi connectivity index (χ3v) is 1.77. The second-order valence-corrected chi connectivity index (χ2v) is 2.82. The lowest BCUT2D eigenvalue weighted by Crippen LogP contribution is -2.10. The van der Waals surface area contributed by atoms with Crippen LogP contribution in [0.3, 0.4) is 0 Å². The summed E-state index contributed by atoms with van der Waals surface area (Å²) in [6, 6.07) is 4.04. The summed E-state index contributed by atoms with van der Waals surface area (Å²) in [5, 5.41) is 6.43. The van der Waals surface area contributed by atoms with Gasteiger partial charge < -0.3 is 15.6 Å². The van der Waals surface area contributed by atoms with Gasteiger partial charge in [0.2, 0.25) is 0 Å². The quantitative estimate of drug-likeness (QED) is 0.561. The Morgan fingerprint density at radius 3 is 2.83 bits per heavy atom. The average Bonchev–Trinajstić information content (AvgIpc) is 2.57. The third-order valence-electron chi connectivity index (χ3n) is 1.77. The first-order valence-electron chi connectivity index (χ1n) is 4.45. The molecule has 68 valence electrons. The highest BCUT2D eigenvalue weighted by molar-refractivity contribution is 5.33.